The predicted octanol–water partition coefficient (Wildman–Crippen LogP) is 7.90. The maximum Gasteiger partial charge on any atom is 0.124 e. The van der Waals surface area contributed by atoms with Crippen LogP contribution < -0.4 is 5.73 Å². The number of aryl methyl sites for hydroxylation is 2. The van der Waals surface area contributed by atoms with Crippen LogP contribution in [0.4, 0.5) is 0 Å². The average Bonchev–Trinajstić information content (AvgIpc) is 3.32. The smallest absolute Gasteiger partial charge is 0.124 e. The Morgan fingerprint density at radius 3 is 2.31 bits per heavy atom. The summed E-state index contributed by atoms with van der Waals surface area (Å²) in [6, 6.07) is 26.0. The van der Waals surface area contributed by atoms with Gasteiger partial charge in [0.1, 0.15) is 5.01 Å². The van der Waals surface area contributed by atoms with E-state index in [0.29, 0.717) is 0 Å². The Morgan fingerprint density at radius 2 is 1.69 bits per heavy atom. The van der Waals surface area contributed by atoms with E-state index in [1.807, 2.05) is 0 Å². The molecule has 3 aromatic carbocycles. The Hall–Kier alpha value is -3.34. The van der Waals surface area contributed by atoms with Gasteiger partial charge >= 0.3 is 0 Å². The van der Waals surface area contributed by atoms with Gasteiger partial charge in [-0.2, -0.15) is 0 Å². The monoisotopic (exact) mass is 475 g/mol. The van der Waals surface area contributed by atoms with Gasteiger partial charge in [-0.15, -0.1) is 11.3 Å². The number of thiazole rings is 1. The third-order valence-corrected chi connectivity index (χ3v) is 8.34. The van der Waals surface area contributed by atoms with Crippen molar-refractivity contribution >= 4 is 22.2 Å². The molecule has 0 aliphatic heterocycles. The van der Waals surface area contributed by atoms with Crippen LogP contribution in [-0.4, -0.2) is 9.97 Å². The lowest BCUT2D eigenvalue weighted by Crippen LogP contribution is -2.43. The Morgan fingerprint density at radius 1 is 0.914 bits per heavy atom. The number of aromatic nitrogens is 2. The highest BCUT2D eigenvalue weighted by atomic mass is 32.1. The molecule has 35 heavy (non-hydrogen) atoms. The topological polar surface area (TPSA) is 51.8 Å². The van der Waals surface area contributed by atoms with Crippen LogP contribution in [-0.2, 0) is 12.0 Å². The minimum Gasteiger partial charge on any atom is -0.321 e. The van der Waals surface area contributed by atoms with Crippen molar-refractivity contribution in [1.82, 2.24) is 9.97 Å². The molecule has 1 saturated carbocycles. The lowest BCUT2D eigenvalue weighted by Gasteiger charge is -2.38. The van der Waals surface area contributed by atoms with Crippen LogP contribution in [0, 0.1) is 6.92 Å². The van der Waals surface area contributed by atoms with E-state index in [1.54, 1.807) is 11.3 Å². The minimum atomic E-state index is -0.158. The summed E-state index contributed by atoms with van der Waals surface area (Å²) in [5, 5.41) is 4.35. The van der Waals surface area contributed by atoms with Gasteiger partial charge in [-0.25, -0.2) is 9.97 Å². The molecule has 2 N–H and O–H groups in total. The molecule has 0 amide bonds. The van der Waals surface area contributed by atoms with Crippen LogP contribution in [0.3, 0.4) is 0 Å². The van der Waals surface area contributed by atoms with Crippen molar-refractivity contribution in [3.8, 4) is 33.0 Å². The van der Waals surface area contributed by atoms with E-state index < -0.39 is 0 Å². The summed E-state index contributed by atoms with van der Waals surface area (Å²) in [7, 11) is 0. The van der Waals surface area contributed by atoms with Crippen molar-refractivity contribution in [1.29, 1.82) is 0 Å². The SMILES string of the molecule is CCc1ccc2nc(-c3ccc(C4(N)CCC4)cc3)c(-c3ccccc3)cc2c1-c1nc(C)cs1. The highest BCUT2D eigenvalue weighted by molar-refractivity contribution is 7.13. The molecule has 0 atom stereocenters. The molecule has 0 bridgehead atoms. The van der Waals surface area contributed by atoms with Crippen LogP contribution >= 0.6 is 11.3 Å². The van der Waals surface area contributed by atoms with E-state index in [0.717, 1.165) is 57.7 Å². The number of rotatable bonds is 5. The summed E-state index contributed by atoms with van der Waals surface area (Å²) >= 11 is 1.71. The summed E-state index contributed by atoms with van der Waals surface area (Å²) in [5.74, 6) is 0. The molecule has 5 aromatic rings. The summed E-state index contributed by atoms with van der Waals surface area (Å²) in [4.78, 5) is 10.1. The van der Waals surface area contributed by atoms with Gasteiger partial charge in [0.25, 0.3) is 0 Å². The number of benzene rings is 3. The Balaban J connectivity index is 1.58. The molecule has 174 valence electrons. The number of nitrogens with zero attached hydrogens (tertiary/aromatic N) is 2. The second-order valence-corrected chi connectivity index (χ2v) is 10.5. The van der Waals surface area contributed by atoms with Crippen LogP contribution in [0.15, 0.2) is 78.2 Å². The van der Waals surface area contributed by atoms with Gasteiger partial charge < -0.3 is 5.73 Å². The fourth-order valence-corrected chi connectivity index (χ4v) is 6.06. The molecule has 0 radical (unpaired) electrons. The highest BCUT2D eigenvalue weighted by Crippen LogP contribution is 2.42. The first-order valence-electron chi connectivity index (χ1n) is 12.4. The summed E-state index contributed by atoms with van der Waals surface area (Å²) in [6.45, 7) is 4.26. The first kappa shape index (κ1) is 22.1. The Kier molecular flexibility index (Phi) is 5.51. The van der Waals surface area contributed by atoms with Gasteiger partial charge in [0, 0.05) is 38.7 Å². The quantitative estimate of drug-likeness (QED) is 0.281. The van der Waals surface area contributed by atoms with E-state index in [9.17, 15) is 0 Å². The van der Waals surface area contributed by atoms with Crippen molar-refractivity contribution in [3.63, 3.8) is 0 Å². The van der Waals surface area contributed by atoms with Crippen molar-refractivity contribution in [2.45, 2.75) is 45.1 Å². The Bertz CT molecular complexity index is 1510. The van der Waals surface area contributed by atoms with Crippen LogP contribution in [0.1, 0.15) is 43.0 Å². The minimum absolute atomic E-state index is 0.158. The molecular formula is C31H29N3S. The third-order valence-electron chi connectivity index (χ3n) is 7.36. The van der Waals surface area contributed by atoms with Crippen molar-refractivity contribution in [2.24, 2.45) is 5.73 Å². The van der Waals surface area contributed by atoms with Gasteiger partial charge in [-0.05, 0) is 61.4 Å². The molecule has 1 fully saturated rings. The molecule has 1 aliphatic carbocycles. The normalized spacial score (nSPS) is 14.7. The number of hydrogen-bond donors (Lipinski definition) is 1. The number of pyridine rings is 1. The van der Waals surface area contributed by atoms with Crippen LogP contribution in [0.25, 0.3) is 43.9 Å². The van der Waals surface area contributed by atoms with Crippen molar-refractivity contribution in [3.05, 3.63) is 95.0 Å². The second-order valence-electron chi connectivity index (χ2n) is 9.65. The van der Waals surface area contributed by atoms with Crippen LogP contribution in [0.2, 0.25) is 0 Å². The molecule has 0 unspecified atom stereocenters. The van der Waals surface area contributed by atoms with E-state index in [-0.39, 0.29) is 5.54 Å². The molecule has 6 rings (SSSR count). The number of fused-ring (bicyclic) bond motifs is 1. The van der Waals surface area contributed by atoms with Crippen LogP contribution in [0.5, 0.6) is 0 Å². The van der Waals surface area contributed by atoms with E-state index in [1.165, 1.54) is 28.7 Å². The molecular weight excluding hydrogens is 446 g/mol. The molecule has 2 heterocycles. The zero-order valence-corrected chi connectivity index (χ0v) is 21.0. The van der Waals surface area contributed by atoms with Gasteiger partial charge in [-0.1, -0.05) is 67.6 Å². The summed E-state index contributed by atoms with van der Waals surface area (Å²) in [5.41, 5.74) is 16.6. The third kappa shape index (κ3) is 3.87. The van der Waals surface area contributed by atoms with E-state index in [2.05, 4.69) is 92.0 Å². The molecule has 2 aromatic heterocycles. The molecule has 4 heteroatoms. The lowest BCUT2D eigenvalue weighted by molar-refractivity contribution is 0.253. The lowest BCUT2D eigenvalue weighted by atomic mass is 9.72. The molecule has 0 saturated heterocycles. The predicted molar refractivity (Wildman–Crippen MR) is 148 cm³/mol. The fraction of sp³-hybridized carbons (Fsp3) is 0.226. The highest BCUT2D eigenvalue weighted by Gasteiger charge is 2.34. The van der Waals surface area contributed by atoms with Crippen molar-refractivity contribution in [2.75, 3.05) is 0 Å². The maximum absolute atomic E-state index is 6.59. The number of nitrogens with two attached hydrogens (primary N) is 1. The van der Waals surface area contributed by atoms with E-state index >= 15 is 0 Å². The molecule has 0 spiro atoms. The van der Waals surface area contributed by atoms with Gasteiger partial charge in [0.05, 0.1) is 11.2 Å². The van der Waals surface area contributed by atoms with Crippen molar-refractivity contribution < 1.29 is 0 Å². The number of hydrogen-bond acceptors (Lipinski definition) is 4. The first-order valence-corrected chi connectivity index (χ1v) is 13.3. The summed E-state index contributed by atoms with van der Waals surface area (Å²) < 4.78 is 0. The average molecular weight is 476 g/mol. The summed E-state index contributed by atoms with van der Waals surface area (Å²) in [6.07, 6.45) is 4.29. The zero-order valence-electron chi connectivity index (χ0n) is 20.2. The molecule has 3 nitrogen and oxygen atoms in total. The maximum atomic E-state index is 6.59. The second kappa shape index (κ2) is 8.71. The fourth-order valence-electron chi connectivity index (χ4n) is 5.17. The first-order chi connectivity index (χ1) is 17.1. The van der Waals surface area contributed by atoms with E-state index in [4.69, 9.17) is 15.7 Å². The largest absolute Gasteiger partial charge is 0.321 e. The standard InChI is InChI=1S/C31H29N3S/c1-3-21-12-15-27-26(28(21)30-33-20(2)19-35-30)18-25(22-8-5-4-6-9-22)29(34-27)23-10-13-24(14-11-23)31(32)16-7-17-31/h4-6,8-15,18-19H,3,7,16-17,32H2,1-2H3. The van der Waals surface area contributed by atoms with Gasteiger partial charge in [-0.3, -0.25) is 0 Å². The Labute approximate surface area is 210 Å². The molecule has 1 aliphatic rings. The zero-order chi connectivity index (χ0) is 24.0. The van der Waals surface area contributed by atoms with Gasteiger partial charge in [0.2, 0.25) is 0 Å². The van der Waals surface area contributed by atoms with Gasteiger partial charge in [0.15, 0.2) is 0 Å².